The fourth-order valence-electron chi connectivity index (χ4n) is 1.27. The van der Waals surface area contributed by atoms with Gasteiger partial charge in [-0.2, -0.15) is 8.42 Å². The van der Waals surface area contributed by atoms with Gasteiger partial charge >= 0.3 is 10.2 Å². The van der Waals surface area contributed by atoms with Gasteiger partial charge in [0.2, 0.25) is 0 Å². The molecule has 1 aromatic rings. The van der Waals surface area contributed by atoms with Gasteiger partial charge in [0.15, 0.2) is 11.5 Å². The average Bonchev–Trinajstić information content (AvgIpc) is 2.25. The molecule has 0 saturated carbocycles. The Kier molecular flexibility index (Phi) is 3.74. The SMILES string of the molecule is COc1ccc(C(C)S(=O)(=O)F)cc1OC. The summed E-state index contributed by atoms with van der Waals surface area (Å²) in [5, 5.41) is -1.22. The lowest BCUT2D eigenvalue weighted by atomic mass is 10.1. The first-order valence-electron chi connectivity index (χ1n) is 4.55. The molecule has 0 saturated heterocycles. The van der Waals surface area contributed by atoms with E-state index >= 15 is 0 Å². The van der Waals surface area contributed by atoms with Crippen molar-refractivity contribution in [3.63, 3.8) is 0 Å². The van der Waals surface area contributed by atoms with E-state index < -0.39 is 15.5 Å². The third-order valence-corrected chi connectivity index (χ3v) is 3.42. The first kappa shape index (κ1) is 12.8. The van der Waals surface area contributed by atoms with Gasteiger partial charge < -0.3 is 9.47 Å². The van der Waals surface area contributed by atoms with E-state index in [0.717, 1.165) is 0 Å². The molecule has 0 bridgehead atoms. The van der Waals surface area contributed by atoms with E-state index in [1.807, 2.05) is 0 Å². The lowest BCUT2D eigenvalue weighted by Crippen LogP contribution is -2.04. The lowest BCUT2D eigenvalue weighted by molar-refractivity contribution is 0.354. The van der Waals surface area contributed by atoms with Gasteiger partial charge in [-0.15, -0.1) is 3.89 Å². The summed E-state index contributed by atoms with van der Waals surface area (Å²) in [6.45, 7) is 1.27. The second-order valence-electron chi connectivity index (χ2n) is 3.23. The van der Waals surface area contributed by atoms with Gasteiger partial charge in [0.1, 0.15) is 5.25 Å². The molecule has 0 heterocycles. The predicted molar refractivity (Wildman–Crippen MR) is 58.0 cm³/mol. The molecule has 4 nitrogen and oxygen atoms in total. The minimum Gasteiger partial charge on any atom is -0.493 e. The number of hydrogen-bond acceptors (Lipinski definition) is 4. The first-order chi connectivity index (χ1) is 7.40. The Hall–Kier alpha value is -1.30. The third-order valence-electron chi connectivity index (χ3n) is 2.30. The second kappa shape index (κ2) is 4.69. The van der Waals surface area contributed by atoms with Gasteiger partial charge in [-0.25, -0.2) is 0 Å². The highest BCUT2D eigenvalue weighted by Crippen LogP contribution is 2.32. The molecule has 90 valence electrons. The number of benzene rings is 1. The average molecular weight is 248 g/mol. The van der Waals surface area contributed by atoms with Crippen molar-refractivity contribution in [3.05, 3.63) is 23.8 Å². The summed E-state index contributed by atoms with van der Waals surface area (Å²) in [6.07, 6.45) is 0. The summed E-state index contributed by atoms with van der Waals surface area (Å²) in [6, 6.07) is 4.47. The van der Waals surface area contributed by atoms with Gasteiger partial charge in [0, 0.05) is 0 Å². The molecule has 0 amide bonds. The fourth-order valence-corrected chi connectivity index (χ4v) is 1.74. The van der Waals surface area contributed by atoms with E-state index in [4.69, 9.17) is 9.47 Å². The fraction of sp³-hybridized carbons (Fsp3) is 0.400. The molecule has 0 aliphatic rings. The normalized spacial score (nSPS) is 13.2. The Bertz CT molecular complexity index is 470. The summed E-state index contributed by atoms with van der Waals surface area (Å²) < 4.78 is 44.3. The minimum absolute atomic E-state index is 0.320. The van der Waals surface area contributed by atoms with Crippen LogP contribution in [0.4, 0.5) is 3.89 Å². The van der Waals surface area contributed by atoms with Crippen LogP contribution >= 0.6 is 0 Å². The summed E-state index contributed by atoms with van der Waals surface area (Å²) in [5.74, 6) is 0.838. The number of rotatable bonds is 4. The molecule has 0 aliphatic carbocycles. The lowest BCUT2D eigenvalue weighted by Gasteiger charge is -2.11. The molecule has 1 unspecified atom stereocenters. The molecular weight excluding hydrogens is 235 g/mol. The molecular formula is C10H13FO4S. The van der Waals surface area contributed by atoms with E-state index in [0.29, 0.717) is 17.1 Å². The Balaban J connectivity index is 3.18. The number of hydrogen-bond donors (Lipinski definition) is 0. The van der Waals surface area contributed by atoms with E-state index in [9.17, 15) is 12.3 Å². The summed E-state index contributed by atoms with van der Waals surface area (Å²) >= 11 is 0. The van der Waals surface area contributed by atoms with Crippen LogP contribution in [-0.4, -0.2) is 22.6 Å². The van der Waals surface area contributed by atoms with E-state index in [1.165, 1.54) is 39.3 Å². The Labute approximate surface area is 94.2 Å². The van der Waals surface area contributed by atoms with Crippen LogP contribution in [0.15, 0.2) is 18.2 Å². The van der Waals surface area contributed by atoms with Crippen LogP contribution in [0.5, 0.6) is 11.5 Å². The molecule has 1 atom stereocenters. The van der Waals surface area contributed by atoms with Crippen molar-refractivity contribution in [1.82, 2.24) is 0 Å². The standard InChI is InChI=1S/C10H13FO4S/c1-7(16(11,12)13)8-4-5-9(14-2)10(6-8)15-3/h4-7H,1-3H3. The zero-order valence-corrected chi connectivity index (χ0v) is 10.0. The van der Waals surface area contributed by atoms with E-state index in [2.05, 4.69) is 0 Å². The smallest absolute Gasteiger partial charge is 0.309 e. The molecule has 1 rings (SSSR count). The van der Waals surface area contributed by atoms with Gasteiger partial charge in [0.05, 0.1) is 14.2 Å². The van der Waals surface area contributed by atoms with Crippen molar-refractivity contribution in [3.8, 4) is 11.5 Å². The van der Waals surface area contributed by atoms with Crippen LogP contribution in [0, 0.1) is 0 Å². The quantitative estimate of drug-likeness (QED) is 0.765. The third kappa shape index (κ3) is 2.63. The summed E-state index contributed by atoms with van der Waals surface area (Å²) in [5.41, 5.74) is 0.320. The van der Waals surface area contributed by atoms with Gasteiger partial charge in [-0.1, -0.05) is 6.07 Å². The van der Waals surface area contributed by atoms with Crippen molar-refractivity contribution in [2.75, 3.05) is 14.2 Å². The highest BCUT2D eigenvalue weighted by atomic mass is 32.3. The topological polar surface area (TPSA) is 52.6 Å². The highest BCUT2D eigenvalue weighted by Gasteiger charge is 2.22. The van der Waals surface area contributed by atoms with E-state index in [1.54, 1.807) is 0 Å². The van der Waals surface area contributed by atoms with Gasteiger partial charge in [-0.05, 0) is 24.6 Å². The maximum Gasteiger partial charge on any atom is 0.309 e. The monoisotopic (exact) mass is 248 g/mol. The molecule has 16 heavy (non-hydrogen) atoms. The summed E-state index contributed by atoms with van der Waals surface area (Å²) in [7, 11) is -1.70. The van der Waals surface area contributed by atoms with Crippen LogP contribution < -0.4 is 9.47 Å². The Morgan fingerprint density at radius 1 is 1.19 bits per heavy atom. The number of halogens is 1. The first-order valence-corrected chi connectivity index (χ1v) is 6.00. The number of ether oxygens (including phenoxy) is 2. The van der Waals surface area contributed by atoms with Crippen LogP contribution in [-0.2, 0) is 10.2 Å². The molecule has 0 spiro atoms. The van der Waals surface area contributed by atoms with E-state index in [-0.39, 0.29) is 0 Å². The van der Waals surface area contributed by atoms with Gasteiger partial charge in [-0.3, -0.25) is 0 Å². The molecule has 6 heteroatoms. The van der Waals surface area contributed by atoms with Crippen LogP contribution in [0.25, 0.3) is 0 Å². The predicted octanol–water partition coefficient (Wildman–Crippen LogP) is 2.06. The van der Waals surface area contributed by atoms with Crippen molar-refractivity contribution < 1.29 is 21.8 Å². The highest BCUT2D eigenvalue weighted by molar-refractivity contribution is 7.86. The van der Waals surface area contributed by atoms with Crippen LogP contribution in [0.3, 0.4) is 0 Å². The van der Waals surface area contributed by atoms with Gasteiger partial charge in [0.25, 0.3) is 0 Å². The Morgan fingerprint density at radius 3 is 2.19 bits per heavy atom. The minimum atomic E-state index is -4.60. The zero-order valence-electron chi connectivity index (χ0n) is 9.23. The molecule has 1 aromatic carbocycles. The van der Waals surface area contributed by atoms with Crippen LogP contribution in [0.2, 0.25) is 0 Å². The van der Waals surface area contributed by atoms with Crippen molar-refractivity contribution in [1.29, 1.82) is 0 Å². The largest absolute Gasteiger partial charge is 0.493 e. The number of methoxy groups -OCH3 is 2. The summed E-state index contributed by atoms with van der Waals surface area (Å²) in [4.78, 5) is 0. The van der Waals surface area contributed by atoms with Crippen molar-refractivity contribution >= 4 is 10.2 Å². The Morgan fingerprint density at radius 2 is 1.75 bits per heavy atom. The molecule has 0 aliphatic heterocycles. The molecule has 0 radical (unpaired) electrons. The van der Waals surface area contributed by atoms with Crippen molar-refractivity contribution in [2.24, 2.45) is 0 Å². The maximum absolute atomic E-state index is 12.8. The second-order valence-corrected chi connectivity index (χ2v) is 4.89. The van der Waals surface area contributed by atoms with Crippen LogP contribution in [0.1, 0.15) is 17.7 Å². The molecule has 0 N–H and O–H groups in total. The van der Waals surface area contributed by atoms with Crippen molar-refractivity contribution in [2.45, 2.75) is 12.2 Å². The maximum atomic E-state index is 12.8. The molecule has 0 fully saturated rings. The zero-order chi connectivity index (χ0) is 12.3. The molecule has 0 aromatic heterocycles.